The lowest BCUT2D eigenvalue weighted by Crippen LogP contribution is -2.47. The fourth-order valence-electron chi connectivity index (χ4n) is 3.99. The van der Waals surface area contributed by atoms with Gasteiger partial charge in [-0.2, -0.15) is 0 Å². The number of hydrogen-bond donors (Lipinski definition) is 1. The molecule has 0 radical (unpaired) electrons. The molecule has 3 rings (SSSR count). The van der Waals surface area contributed by atoms with Gasteiger partial charge in [0.05, 0.1) is 0 Å². The maximum atomic E-state index is 3.56. The summed E-state index contributed by atoms with van der Waals surface area (Å²) in [5.74, 6) is 0.819. The Morgan fingerprint density at radius 3 is 2.35 bits per heavy atom. The van der Waals surface area contributed by atoms with E-state index in [1.807, 2.05) is 0 Å². The molecule has 2 aliphatic rings. The fraction of sp³-hybridized carbons (Fsp3) is 0.667. The molecule has 0 bridgehead atoms. The lowest BCUT2D eigenvalue weighted by Gasteiger charge is -2.37. The molecule has 1 N–H and O–H groups in total. The first-order chi connectivity index (χ1) is 9.44. The predicted molar refractivity (Wildman–Crippen MR) is 84.7 cm³/mol. The summed E-state index contributed by atoms with van der Waals surface area (Å²) in [6.45, 7) is 14.3. The van der Waals surface area contributed by atoms with Gasteiger partial charge in [0.25, 0.3) is 0 Å². The van der Waals surface area contributed by atoms with E-state index in [2.05, 4.69) is 68.2 Å². The second-order valence-electron chi connectivity index (χ2n) is 7.62. The third-order valence-electron chi connectivity index (χ3n) is 6.28. The van der Waals surface area contributed by atoms with Crippen molar-refractivity contribution in [3.8, 4) is 0 Å². The van der Waals surface area contributed by atoms with Crippen molar-refractivity contribution >= 4 is 0 Å². The van der Waals surface area contributed by atoms with Crippen LogP contribution in [0.1, 0.15) is 39.3 Å². The van der Waals surface area contributed by atoms with Crippen LogP contribution >= 0.6 is 0 Å². The maximum absolute atomic E-state index is 3.56. The smallest absolute Gasteiger partial charge is 0.0473 e. The molecule has 1 saturated heterocycles. The topological polar surface area (TPSA) is 15.3 Å². The van der Waals surface area contributed by atoms with E-state index in [0.717, 1.165) is 19.0 Å². The number of benzene rings is 1. The Bertz CT molecular complexity index is 450. The highest BCUT2D eigenvalue weighted by molar-refractivity contribution is 5.21. The summed E-state index contributed by atoms with van der Waals surface area (Å²) in [7, 11) is 0. The first-order valence-electron chi connectivity index (χ1n) is 7.94. The second-order valence-corrected chi connectivity index (χ2v) is 7.62. The Kier molecular flexibility index (Phi) is 3.42. The zero-order chi connectivity index (χ0) is 14.4. The van der Waals surface area contributed by atoms with Crippen LogP contribution in [-0.2, 0) is 0 Å². The molecular weight excluding hydrogens is 244 g/mol. The summed E-state index contributed by atoms with van der Waals surface area (Å²) >= 11 is 0. The van der Waals surface area contributed by atoms with E-state index in [9.17, 15) is 0 Å². The van der Waals surface area contributed by atoms with Crippen LogP contribution in [0.5, 0.6) is 0 Å². The van der Waals surface area contributed by atoms with E-state index in [4.69, 9.17) is 0 Å². The highest BCUT2D eigenvalue weighted by Crippen LogP contribution is 2.68. The highest BCUT2D eigenvalue weighted by Gasteiger charge is 2.64. The molecule has 110 valence electrons. The standard InChI is InChI=1S/C18H28N2/c1-17(2)16(18(17,3)4)13-20-11-10-19-12-15(20)14-8-6-5-7-9-14/h5-9,15-16,19H,10-13H2,1-4H3. The van der Waals surface area contributed by atoms with E-state index < -0.39 is 0 Å². The number of rotatable bonds is 3. The van der Waals surface area contributed by atoms with Crippen molar-refractivity contribution in [3.63, 3.8) is 0 Å². The largest absolute Gasteiger partial charge is 0.314 e. The lowest BCUT2D eigenvalue weighted by molar-refractivity contribution is 0.146. The number of nitrogens with one attached hydrogen (secondary N) is 1. The third-order valence-corrected chi connectivity index (χ3v) is 6.28. The highest BCUT2D eigenvalue weighted by atomic mass is 15.2. The van der Waals surface area contributed by atoms with Gasteiger partial charge in [-0.3, -0.25) is 4.90 Å². The molecule has 1 atom stereocenters. The summed E-state index contributed by atoms with van der Waals surface area (Å²) in [5.41, 5.74) is 2.43. The molecule has 1 aromatic rings. The molecule has 0 aromatic heterocycles. The number of piperazine rings is 1. The van der Waals surface area contributed by atoms with Crippen LogP contribution in [0, 0.1) is 16.7 Å². The number of nitrogens with zero attached hydrogens (tertiary/aromatic N) is 1. The van der Waals surface area contributed by atoms with E-state index in [0.29, 0.717) is 16.9 Å². The van der Waals surface area contributed by atoms with Gasteiger partial charge in [-0.25, -0.2) is 0 Å². The molecule has 1 aliphatic carbocycles. The van der Waals surface area contributed by atoms with Gasteiger partial charge >= 0.3 is 0 Å². The Balaban J connectivity index is 1.74. The van der Waals surface area contributed by atoms with Crippen LogP contribution < -0.4 is 5.32 Å². The summed E-state index contributed by atoms with van der Waals surface area (Å²) in [5, 5.41) is 3.56. The molecule has 2 heteroatoms. The minimum absolute atomic E-state index is 0.485. The van der Waals surface area contributed by atoms with Crippen molar-refractivity contribution in [1.29, 1.82) is 0 Å². The van der Waals surface area contributed by atoms with Crippen molar-refractivity contribution in [3.05, 3.63) is 35.9 Å². The molecule has 1 aliphatic heterocycles. The number of hydrogen-bond acceptors (Lipinski definition) is 2. The molecular formula is C18H28N2. The first-order valence-corrected chi connectivity index (χ1v) is 7.94. The van der Waals surface area contributed by atoms with Crippen LogP contribution in [-0.4, -0.2) is 31.1 Å². The summed E-state index contributed by atoms with van der Waals surface area (Å²) < 4.78 is 0. The van der Waals surface area contributed by atoms with E-state index in [-0.39, 0.29) is 0 Å². The van der Waals surface area contributed by atoms with Gasteiger partial charge in [-0.1, -0.05) is 58.0 Å². The fourth-order valence-corrected chi connectivity index (χ4v) is 3.99. The van der Waals surface area contributed by atoms with Crippen molar-refractivity contribution < 1.29 is 0 Å². The van der Waals surface area contributed by atoms with Gasteiger partial charge in [0.2, 0.25) is 0 Å². The summed E-state index contributed by atoms with van der Waals surface area (Å²) in [4.78, 5) is 2.70. The molecule has 1 saturated carbocycles. The summed E-state index contributed by atoms with van der Waals surface area (Å²) in [6.07, 6.45) is 0. The third kappa shape index (κ3) is 2.19. The van der Waals surface area contributed by atoms with Crippen molar-refractivity contribution in [2.24, 2.45) is 16.7 Å². The van der Waals surface area contributed by atoms with Gasteiger partial charge in [0.1, 0.15) is 0 Å². The zero-order valence-electron chi connectivity index (χ0n) is 13.3. The van der Waals surface area contributed by atoms with Crippen LogP contribution in [0.2, 0.25) is 0 Å². The molecule has 2 fully saturated rings. The van der Waals surface area contributed by atoms with Gasteiger partial charge in [-0.05, 0) is 22.3 Å². The van der Waals surface area contributed by atoms with E-state index in [1.165, 1.54) is 18.7 Å². The Morgan fingerprint density at radius 2 is 1.75 bits per heavy atom. The van der Waals surface area contributed by atoms with Gasteiger partial charge in [-0.15, -0.1) is 0 Å². The minimum Gasteiger partial charge on any atom is -0.314 e. The molecule has 1 unspecified atom stereocenters. The maximum Gasteiger partial charge on any atom is 0.0473 e. The lowest BCUT2D eigenvalue weighted by atomic mass is 10.0. The van der Waals surface area contributed by atoms with Crippen molar-refractivity contribution in [2.75, 3.05) is 26.2 Å². The van der Waals surface area contributed by atoms with Crippen LogP contribution in [0.4, 0.5) is 0 Å². The molecule has 2 nitrogen and oxygen atoms in total. The van der Waals surface area contributed by atoms with Crippen LogP contribution in [0.25, 0.3) is 0 Å². The quantitative estimate of drug-likeness (QED) is 0.908. The molecule has 0 amide bonds. The minimum atomic E-state index is 0.485. The molecule has 1 heterocycles. The Morgan fingerprint density at radius 1 is 1.10 bits per heavy atom. The molecule has 1 aromatic carbocycles. The normalized spacial score (nSPS) is 29.3. The monoisotopic (exact) mass is 272 g/mol. The van der Waals surface area contributed by atoms with Gasteiger partial charge < -0.3 is 5.32 Å². The second kappa shape index (κ2) is 4.85. The predicted octanol–water partition coefficient (Wildman–Crippen LogP) is 3.32. The average Bonchev–Trinajstić information content (AvgIpc) is 2.83. The Labute approximate surface area is 123 Å². The molecule has 20 heavy (non-hydrogen) atoms. The first kappa shape index (κ1) is 14.1. The van der Waals surface area contributed by atoms with Crippen molar-refractivity contribution in [2.45, 2.75) is 33.7 Å². The van der Waals surface area contributed by atoms with Gasteiger partial charge in [0, 0.05) is 32.2 Å². The Hall–Kier alpha value is -0.860. The van der Waals surface area contributed by atoms with E-state index in [1.54, 1.807) is 0 Å². The average molecular weight is 272 g/mol. The van der Waals surface area contributed by atoms with Crippen molar-refractivity contribution in [1.82, 2.24) is 10.2 Å². The summed E-state index contributed by atoms with van der Waals surface area (Å²) in [6, 6.07) is 11.5. The molecule has 0 spiro atoms. The van der Waals surface area contributed by atoms with E-state index >= 15 is 0 Å². The SMILES string of the molecule is CC1(C)C(CN2CCNCC2c2ccccc2)C1(C)C. The van der Waals surface area contributed by atoms with Crippen LogP contribution in [0.3, 0.4) is 0 Å². The van der Waals surface area contributed by atoms with Gasteiger partial charge in [0.15, 0.2) is 0 Å². The van der Waals surface area contributed by atoms with Crippen LogP contribution in [0.15, 0.2) is 30.3 Å². The zero-order valence-corrected chi connectivity index (χ0v) is 13.3.